The lowest BCUT2D eigenvalue weighted by Crippen LogP contribution is -2.48. The van der Waals surface area contributed by atoms with Gasteiger partial charge in [0.15, 0.2) is 0 Å². The molecule has 3 N–H and O–H groups in total. The van der Waals surface area contributed by atoms with Crippen molar-refractivity contribution >= 4 is 16.8 Å². The number of benzene rings is 1. The summed E-state index contributed by atoms with van der Waals surface area (Å²) in [5.74, 6) is -0.821. The van der Waals surface area contributed by atoms with E-state index in [0.717, 1.165) is 24.1 Å². The predicted octanol–water partition coefficient (Wildman–Crippen LogP) is 1.45. The van der Waals surface area contributed by atoms with E-state index in [9.17, 15) is 14.7 Å². The van der Waals surface area contributed by atoms with Gasteiger partial charge in [-0.3, -0.25) is 9.59 Å². The van der Waals surface area contributed by atoms with Gasteiger partial charge in [-0.25, -0.2) is 0 Å². The molecule has 0 aliphatic heterocycles. The SMILES string of the molecule is CC[N+](C)(CC)CCNC(=O)c1c(O)c2ccccc2[nH]c1=O. The molecule has 0 saturated carbocycles. The first-order valence-electron chi connectivity index (χ1n) is 7.87. The van der Waals surface area contributed by atoms with Crippen LogP contribution in [0.3, 0.4) is 0 Å². The van der Waals surface area contributed by atoms with E-state index in [2.05, 4.69) is 31.2 Å². The summed E-state index contributed by atoms with van der Waals surface area (Å²) in [6, 6.07) is 6.85. The molecule has 0 spiro atoms. The van der Waals surface area contributed by atoms with Crippen molar-refractivity contribution in [3.8, 4) is 5.75 Å². The number of hydrogen-bond acceptors (Lipinski definition) is 3. The van der Waals surface area contributed by atoms with Crippen LogP contribution in [0.5, 0.6) is 5.75 Å². The average Bonchev–Trinajstić information content (AvgIpc) is 2.54. The van der Waals surface area contributed by atoms with E-state index >= 15 is 0 Å². The number of amides is 1. The highest BCUT2D eigenvalue weighted by atomic mass is 16.3. The molecule has 0 aliphatic carbocycles. The molecule has 0 saturated heterocycles. The Morgan fingerprint density at radius 1 is 1.26 bits per heavy atom. The number of aromatic hydroxyl groups is 1. The molecular formula is C17H24N3O3+. The second-order valence-electron chi connectivity index (χ2n) is 5.95. The van der Waals surface area contributed by atoms with E-state index in [1.165, 1.54) is 0 Å². The molecular weight excluding hydrogens is 294 g/mol. The van der Waals surface area contributed by atoms with Gasteiger partial charge in [0.25, 0.3) is 11.5 Å². The Balaban J connectivity index is 2.20. The highest BCUT2D eigenvalue weighted by Gasteiger charge is 2.21. The van der Waals surface area contributed by atoms with E-state index in [1.807, 2.05) is 0 Å². The number of para-hydroxylation sites is 1. The minimum absolute atomic E-state index is 0.231. The summed E-state index contributed by atoms with van der Waals surface area (Å²) in [4.78, 5) is 27.0. The third-order valence-corrected chi connectivity index (χ3v) is 4.59. The normalized spacial score (nSPS) is 11.6. The van der Waals surface area contributed by atoms with Crippen LogP contribution in [-0.2, 0) is 0 Å². The van der Waals surface area contributed by atoms with Gasteiger partial charge < -0.3 is 19.9 Å². The Morgan fingerprint density at radius 3 is 2.57 bits per heavy atom. The fourth-order valence-electron chi connectivity index (χ4n) is 2.50. The van der Waals surface area contributed by atoms with Crippen LogP contribution in [0.15, 0.2) is 29.1 Å². The van der Waals surface area contributed by atoms with Crippen molar-refractivity contribution in [1.82, 2.24) is 10.3 Å². The average molecular weight is 318 g/mol. The van der Waals surface area contributed by atoms with Crippen molar-refractivity contribution in [3.63, 3.8) is 0 Å². The third-order valence-electron chi connectivity index (χ3n) is 4.59. The zero-order valence-electron chi connectivity index (χ0n) is 13.8. The molecule has 0 bridgehead atoms. The molecule has 1 heterocycles. The summed E-state index contributed by atoms with van der Waals surface area (Å²) in [5.41, 5.74) is -0.305. The zero-order chi connectivity index (χ0) is 17.0. The van der Waals surface area contributed by atoms with Gasteiger partial charge in [-0.15, -0.1) is 0 Å². The zero-order valence-corrected chi connectivity index (χ0v) is 13.8. The number of nitrogens with one attached hydrogen (secondary N) is 2. The number of H-pyrrole nitrogens is 1. The Labute approximate surface area is 135 Å². The second kappa shape index (κ2) is 6.83. The summed E-state index contributed by atoms with van der Waals surface area (Å²) < 4.78 is 0.834. The maximum Gasteiger partial charge on any atom is 0.265 e. The van der Waals surface area contributed by atoms with E-state index in [4.69, 9.17) is 0 Å². The number of aromatic amines is 1. The number of nitrogens with zero attached hydrogens (tertiary/aromatic N) is 1. The number of pyridine rings is 1. The molecule has 0 aliphatic rings. The molecule has 0 fully saturated rings. The molecule has 0 atom stereocenters. The number of rotatable bonds is 6. The number of aromatic nitrogens is 1. The lowest BCUT2D eigenvalue weighted by atomic mass is 10.1. The van der Waals surface area contributed by atoms with Crippen LogP contribution in [0.1, 0.15) is 24.2 Å². The van der Waals surface area contributed by atoms with Crippen molar-refractivity contribution in [2.24, 2.45) is 0 Å². The van der Waals surface area contributed by atoms with Gasteiger partial charge in [0.2, 0.25) is 0 Å². The monoisotopic (exact) mass is 318 g/mol. The molecule has 1 amide bonds. The lowest BCUT2D eigenvalue weighted by Gasteiger charge is -2.32. The Hall–Kier alpha value is -2.34. The van der Waals surface area contributed by atoms with Crippen molar-refractivity contribution in [2.45, 2.75) is 13.8 Å². The number of carbonyl (C=O) groups is 1. The van der Waals surface area contributed by atoms with Crippen molar-refractivity contribution < 1.29 is 14.4 Å². The van der Waals surface area contributed by atoms with Crippen LogP contribution in [0, 0.1) is 0 Å². The molecule has 6 heteroatoms. The highest BCUT2D eigenvalue weighted by molar-refractivity contribution is 6.01. The number of fused-ring (bicyclic) bond motifs is 1. The van der Waals surface area contributed by atoms with Gasteiger partial charge in [0.1, 0.15) is 11.3 Å². The van der Waals surface area contributed by atoms with Crippen LogP contribution in [-0.4, -0.2) is 53.7 Å². The number of carbonyl (C=O) groups excluding carboxylic acids is 1. The van der Waals surface area contributed by atoms with Gasteiger partial charge in [0, 0.05) is 5.39 Å². The Bertz CT molecular complexity index is 763. The largest absolute Gasteiger partial charge is 0.506 e. The van der Waals surface area contributed by atoms with Crippen LogP contribution in [0.4, 0.5) is 0 Å². The number of quaternary nitrogens is 1. The first kappa shape index (κ1) is 17.0. The molecule has 1 aromatic heterocycles. The minimum Gasteiger partial charge on any atom is -0.506 e. The highest BCUT2D eigenvalue weighted by Crippen LogP contribution is 2.24. The Kier molecular flexibility index (Phi) is 5.05. The van der Waals surface area contributed by atoms with E-state index in [-0.39, 0.29) is 11.3 Å². The second-order valence-corrected chi connectivity index (χ2v) is 5.95. The number of hydrogen-bond donors (Lipinski definition) is 3. The molecule has 2 aromatic rings. The summed E-state index contributed by atoms with van der Waals surface area (Å²) >= 11 is 0. The Morgan fingerprint density at radius 2 is 1.91 bits per heavy atom. The fourth-order valence-corrected chi connectivity index (χ4v) is 2.50. The van der Waals surface area contributed by atoms with Crippen LogP contribution in [0.2, 0.25) is 0 Å². The van der Waals surface area contributed by atoms with Crippen LogP contribution < -0.4 is 10.9 Å². The maximum atomic E-state index is 12.3. The van der Waals surface area contributed by atoms with E-state index in [0.29, 0.717) is 17.4 Å². The molecule has 6 nitrogen and oxygen atoms in total. The lowest BCUT2D eigenvalue weighted by molar-refractivity contribution is -0.904. The smallest absolute Gasteiger partial charge is 0.265 e. The molecule has 1 aromatic carbocycles. The summed E-state index contributed by atoms with van der Waals surface area (Å²) in [5, 5.41) is 13.5. The molecule has 2 rings (SSSR count). The fraction of sp³-hybridized carbons (Fsp3) is 0.412. The van der Waals surface area contributed by atoms with Crippen molar-refractivity contribution in [1.29, 1.82) is 0 Å². The van der Waals surface area contributed by atoms with Gasteiger partial charge in [-0.05, 0) is 26.0 Å². The summed E-state index contributed by atoms with van der Waals surface area (Å²) in [7, 11) is 2.12. The summed E-state index contributed by atoms with van der Waals surface area (Å²) in [6.07, 6.45) is 0. The van der Waals surface area contributed by atoms with Gasteiger partial charge in [-0.1, -0.05) is 12.1 Å². The molecule has 23 heavy (non-hydrogen) atoms. The standard InChI is InChI=1S/C17H23N3O3/c1-4-20(3,5-2)11-10-18-16(22)14-15(21)12-8-6-7-9-13(12)19-17(14)23/h6-9H,4-5,10-11H2,1-3H3,(H2-,18,19,21,22,23)/p+1. The molecule has 0 unspecified atom stereocenters. The van der Waals surface area contributed by atoms with E-state index in [1.54, 1.807) is 24.3 Å². The van der Waals surface area contributed by atoms with Crippen LogP contribution in [0.25, 0.3) is 10.9 Å². The first-order valence-corrected chi connectivity index (χ1v) is 7.87. The topological polar surface area (TPSA) is 82.2 Å². The third kappa shape index (κ3) is 3.53. The van der Waals surface area contributed by atoms with Gasteiger partial charge in [-0.2, -0.15) is 0 Å². The minimum atomic E-state index is -0.582. The van der Waals surface area contributed by atoms with Crippen molar-refractivity contribution in [2.75, 3.05) is 33.2 Å². The number of likely N-dealkylation sites (N-methyl/N-ethyl adjacent to an activating group) is 1. The first-order chi connectivity index (χ1) is 10.9. The van der Waals surface area contributed by atoms with Gasteiger partial charge in [0.05, 0.1) is 38.7 Å². The molecule has 0 radical (unpaired) electrons. The summed E-state index contributed by atoms with van der Waals surface area (Å²) in [6.45, 7) is 7.35. The van der Waals surface area contributed by atoms with Crippen LogP contribution >= 0.6 is 0 Å². The predicted molar refractivity (Wildman–Crippen MR) is 90.7 cm³/mol. The van der Waals surface area contributed by atoms with Crippen molar-refractivity contribution in [3.05, 3.63) is 40.2 Å². The molecule has 124 valence electrons. The van der Waals surface area contributed by atoms with E-state index < -0.39 is 11.5 Å². The van der Waals surface area contributed by atoms with Gasteiger partial charge >= 0.3 is 0 Å². The maximum absolute atomic E-state index is 12.3. The quantitative estimate of drug-likeness (QED) is 0.705.